The lowest BCUT2D eigenvalue weighted by molar-refractivity contribution is 0.317. The average molecular weight is 350 g/mol. The topological polar surface area (TPSA) is 57.9 Å². The summed E-state index contributed by atoms with van der Waals surface area (Å²) in [7, 11) is 0. The highest BCUT2D eigenvalue weighted by Gasteiger charge is 2.33. The van der Waals surface area contributed by atoms with Crippen LogP contribution >= 0.6 is 0 Å². The van der Waals surface area contributed by atoms with Crippen LogP contribution in [0, 0.1) is 11.7 Å². The molecule has 4 rings (SSSR count). The molecule has 1 fully saturated rings. The summed E-state index contributed by atoms with van der Waals surface area (Å²) < 4.78 is 13.2. The van der Waals surface area contributed by atoms with Crippen molar-refractivity contribution >= 4 is 0 Å². The normalized spacial score (nSPS) is 20.5. The zero-order valence-electron chi connectivity index (χ0n) is 14.6. The lowest BCUT2D eigenvalue weighted by atomic mass is 9.89. The first-order valence-corrected chi connectivity index (χ1v) is 9.00. The Bertz CT molecular complexity index is 844. The minimum atomic E-state index is -0.231. The van der Waals surface area contributed by atoms with Crippen LogP contribution in [-0.2, 0) is 6.54 Å². The van der Waals surface area contributed by atoms with Gasteiger partial charge >= 0.3 is 0 Å². The molecule has 1 saturated heterocycles. The van der Waals surface area contributed by atoms with Crippen LogP contribution in [0.1, 0.15) is 17.0 Å². The Morgan fingerprint density at radius 3 is 2.58 bits per heavy atom. The molecule has 3 N–H and O–H groups in total. The van der Waals surface area contributed by atoms with Crippen LogP contribution in [0.4, 0.5) is 4.39 Å². The quantitative estimate of drug-likeness (QED) is 0.742. The third kappa shape index (κ3) is 3.41. The van der Waals surface area contributed by atoms with Crippen molar-refractivity contribution in [2.75, 3.05) is 19.6 Å². The number of nitrogens with two attached hydrogens (primary N) is 1. The van der Waals surface area contributed by atoms with Gasteiger partial charge in [-0.3, -0.25) is 10.00 Å². The standard InChI is InChI=1S/C21H23FN4/c22-19-8-6-16(7-9-19)21-18(11-24-25-21)13-26-12-17(10-23)20(14-26)15-4-2-1-3-5-15/h1-9,11,17,20H,10,12-14,23H2,(H,24,25)/t17-,20+/m1/s1. The largest absolute Gasteiger partial charge is 0.330 e. The zero-order chi connectivity index (χ0) is 17.9. The Labute approximate surface area is 152 Å². The number of aromatic amines is 1. The van der Waals surface area contributed by atoms with Gasteiger partial charge in [-0.2, -0.15) is 5.10 Å². The van der Waals surface area contributed by atoms with E-state index in [2.05, 4.69) is 39.4 Å². The van der Waals surface area contributed by atoms with E-state index in [-0.39, 0.29) is 5.82 Å². The van der Waals surface area contributed by atoms with E-state index in [4.69, 9.17) is 5.73 Å². The third-order valence-corrected chi connectivity index (χ3v) is 5.29. The molecule has 0 unspecified atom stereocenters. The second-order valence-electron chi connectivity index (χ2n) is 6.98. The Morgan fingerprint density at radius 2 is 1.85 bits per heavy atom. The first kappa shape index (κ1) is 16.9. The number of likely N-dealkylation sites (tertiary alicyclic amines) is 1. The Hall–Kier alpha value is -2.50. The van der Waals surface area contributed by atoms with Gasteiger partial charge in [0.05, 0.1) is 11.9 Å². The number of hydrogen-bond donors (Lipinski definition) is 2. The molecule has 2 heterocycles. The van der Waals surface area contributed by atoms with E-state index in [0.29, 0.717) is 18.4 Å². The molecule has 134 valence electrons. The second-order valence-corrected chi connectivity index (χ2v) is 6.98. The summed E-state index contributed by atoms with van der Waals surface area (Å²) in [5.41, 5.74) is 10.4. The van der Waals surface area contributed by atoms with Gasteiger partial charge in [0, 0.05) is 36.7 Å². The van der Waals surface area contributed by atoms with Gasteiger partial charge in [-0.15, -0.1) is 0 Å². The van der Waals surface area contributed by atoms with E-state index in [1.807, 2.05) is 12.3 Å². The first-order valence-electron chi connectivity index (χ1n) is 9.00. The summed E-state index contributed by atoms with van der Waals surface area (Å²) in [6, 6.07) is 17.1. The van der Waals surface area contributed by atoms with Crippen molar-refractivity contribution in [3.63, 3.8) is 0 Å². The summed E-state index contributed by atoms with van der Waals surface area (Å²) in [4.78, 5) is 2.44. The van der Waals surface area contributed by atoms with Gasteiger partial charge in [-0.05, 0) is 42.3 Å². The van der Waals surface area contributed by atoms with Gasteiger partial charge in [0.2, 0.25) is 0 Å². The highest BCUT2D eigenvalue weighted by molar-refractivity contribution is 5.62. The Kier molecular flexibility index (Phi) is 4.82. The maximum absolute atomic E-state index is 13.2. The number of benzene rings is 2. The number of halogens is 1. The van der Waals surface area contributed by atoms with Crippen LogP contribution in [0.15, 0.2) is 60.8 Å². The van der Waals surface area contributed by atoms with E-state index in [1.54, 1.807) is 12.1 Å². The van der Waals surface area contributed by atoms with Crippen molar-refractivity contribution in [3.8, 4) is 11.3 Å². The third-order valence-electron chi connectivity index (χ3n) is 5.29. The molecule has 0 radical (unpaired) electrons. The number of nitrogens with one attached hydrogen (secondary N) is 1. The molecule has 1 aliphatic rings. The maximum atomic E-state index is 13.2. The fourth-order valence-corrected chi connectivity index (χ4v) is 3.94. The van der Waals surface area contributed by atoms with E-state index in [0.717, 1.165) is 36.5 Å². The van der Waals surface area contributed by atoms with E-state index >= 15 is 0 Å². The van der Waals surface area contributed by atoms with Crippen molar-refractivity contribution in [1.82, 2.24) is 15.1 Å². The van der Waals surface area contributed by atoms with Crippen LogP contribution in [-0.4, -0.2) is 34.7 Å². The molecule has 3 aromatic rings. The van der Waals surface area contributed by atoms with Crippen molar-refractivity contribution in [2.24, 2.45) is 11.7 Å². The number of H-pyrrole nitrogens is 1. The lowest BCUT2D eigenvalue weighted by Gasteiger charge is -2.17. The molecule has 0 bridgehead atoms. The highest BCUT2D eigenvalue weighted by atomic mass is 19.1. The van der Waals surface area contributed by atoms with Crippen LogP contribution in [0.2, 0.25) is 0 Å². The van der Waals surface area contributed by atoms with Crippen LogP contribution in [0.5, 0.6) is 0 Å². The molecule has 2 aromatic carbocycles. The Morgan fingerprint density at radius 1 is 1.08 bits per heavy atom. The van der Waals surface area contributed by atoms with Crippen molar-refractivity contribution < 1.29 is 4.39 Å². The maximum Gasteiger partial charge on any atom is 0.123 e. The molecular formula is C21H23FN4. The van der Waals surface area contributed by atoms with Gasteiger partial charge in [0.1, 0.15) is 5.82 Å². The van der Waals surface area contributed by atoms with Crippen LogP contribution in [0.25, 0.3) is 11.3 Å². The van der Waals surface area contributed by atoms with Gasteiger partial charge in [0.25, 0.3) is 0 Å². The molecule has 0 spiro atoms. The molecule has 2 atom stereocenters. The molecule has 0 amide bonds. The van der Waals surface area contributed by atoms with E-state index in [1.165, 1.54) is 17.7 Å². The predicted octanol–water partition coefficient (Wildman–Crippen LogP) is 3.39. The minimum absolute atomic E-state index is 0.231. The van der Waals surface area contributed by atoms with Gasteiger partial charge in [0.15, 0.2) is 0 Å². The predicted molar refractivity (Wildman–Crippen MR) is 101 cm³/mol. The molecule has 0 aliphatic carbocycles. The van der Waals surface area contributed by atoms with Gasteiger partial charge in [-0.1, -0.05) is 30.3 Å². The summed E-state index contributed by atoms with van der Waals surface area (Å²) in [6.45, 7) is 3.46. The summed E-state index contributed by atoms with van der Waals surface area (Å²) in [5.74, 6) is 0.687. The van der Waals surface area contributed by atoms with Crippen LogP contribution in [0.3, 0.4) is 0 Å². The van der Waals surface area contributed by atoms with Crippen LogP contribution < -0.4 is 5.73 Å². The smallest absolute Gasteiger partial charge is 0.123 e. The molecule has 1 aromatic heterocycles. The SMILES string of the molecule is NC[C@@H]1CN(Cc2cn[nH]c2-c2ccc(F)cc2)C[C@H]1c1ccccc1. The Balaban J connectivity index is 1.52. The lowest BCUT2D eigenvalue weighted by Crippen LogP contribution is -2.23. The van der Waals surface area contributed by atoms with Crippen molar-refractivity contribution in [2.45, 2.75) is 12.5 Å². The van der Waals surface area contributed by atoms with E-state index in [9.17, 15) is 4.39 Å². The van der Waals surface area contributed by atoms with Crippen molar-refractivity contribution in [3.05, 3.63) is 77.7 Å². The molecular weight excluding hydrogens is 327 g/mol. The number of rotatable bonds is 5. The second kappa shape index (κ2) is 7.40. The minimum Gasteiger partial charge on any atom is -0.330 e. The molecule has 4 nitrogen and oxygen atoms in total. The summed E-state index contributed by atoms with van der Waals surface area (Å²) >= 11 is 0. The van der Waals surface area contributed by atoms with Gasteiger partial charge < -0.3 is 5.73 Å². The molecule has 1 aliphatic heterocycles. The monoisotopic (exact) mass is 350 g/mol. The summed E-state index contributed by atoms with van der Waals surface area (Å²) in [5, 5.41) is 7.27. The van der Waals surface area contributed by atoms with Gasteiger partial charge in [-0.25, -0.2) is 4.39 Å². The number of nitrogens with zero attached hydrogens (tertiary/aromatic N) is 2. The zero-order valence-corrected chi connectivity index (χ0v) is 14.6. The van der Waals surface area contributed by atoms with E-state index < -0.39 is 0 Å². The summed E-state index contributed by atoms with van der Waals surface area (Å²) in [6.07, 6.45) is 1.87. The fraction of sp³-hybridized carbons (Fsp3) is 0.286. The fourth-order valence-electron chi connectivity index (χ4n) is 3.94. The molecule has 5 heteroatoms. The number of aromatic nitrogens is 2. The first-order chi connectivity index (χ1) is 12.7. The van der Waals surface area contributed by atoms with Crippen molar-refractivity contribution in [1.29, 1.82) is 0 Å². The average Bonchev–Trinajstić information content (AvgIpc) is 3.30. The molecule has 0 saturated carbocycles. The molecule has 26 heavy (non-hydrogen) atoms. The number of hydrogen-bond acceptors (Lipinski definition) is 3. The highest BCUT2D eigenvalue weighted by Crippen LogP contribution is 2.33.